The largest absolute Gasteiger partial charge is 0.358 e. The standard InChI is InChI=1S/C21H20Cl2N2O2/c1-3-4-8-18(26)25-13-9-10-17-14(11-13)19(12(2)24-17)21(27)20-15(22)6-5-7-16(20)23/h5-7,9-11,24H,3-4,8H2,1-2H3,(H,25,26). The number of hydrogen-bond acceptors (Lipinski definition) is 2. The van der Waals surface area contributed by atoms with E-state index in [9.17, 15) is 9.59 Å². The zero-order valence-corrected chi connectivity index (χ0v) is 16.7. The second-order valence-electron chi connectivity index (χ2n) is 6.46. The number of unbranched alkanes of at least 4 members (excludes halogenated alkanes) is 1. The van der Waals surface area contributed by atoms with Crippen LogP contribution in [0.25, 0.3) is 10.9 Å². The van der Waals surface area contributed by atoms with Crippen molar-refractivity contribution in [1.82, 2.24) is 4.98 Å². The number of halogens is 2. The first-order valence-electron chi connectivity index (χ1n) is 8.83. The fourth-order valence-electron chi connectivity index (χ4n) is 3.10. The molecule has 0 unspecified atom stereocenters. The van der Waals surface area contributed by atoms with Crippen LogP contribution in [0.4, 0.5) is 5.69 Å². The van der Waals surface area contributed by atoms with Gasteiger partial charge in [-0.2, -0.15) is 0 Å². The van der Waals surface area contributed by atoms with E-state index in [1.807, 2.05) is 26.0 Å². The summed E-state index contributed by atoms with van der Waals surface area (Å²) in [5.41, 5.74) is 2.97. The van der Waals surface area contributed by atoms with Gasteiger partial charge in [0.25, 0.3) is 0 Å². The van der Waals surface area contributed by atoms with Gasteiger partial charge in [-0.05, 0) is 43.7 Å². The third-order valence-corrected chi connectivity index (χ3v) is 5.07. The molecule has 0 atom stereocenters. The van der Waals surface area contributed by atoms with E-state index in [0.29, 0.717) is 27.7 Å². The number of benzene rings is 2. The van der Waals surface area contributed by atoms with Gasteiger partial charge in [-0.3, -0.25) is 9.59 Å². The number of ketones is 1. The van der Waals surface area contributed by atoms with Crippen LogP contribution in [0.15, 0.2) is 36.4 Å². The Labute approximate surface area is 167 Å². The van der Waals surface area contributed by atoms with E-state index in [0.717, 1.165) is 29.4 Å². The van der Waals surface area contributed by atoms with Crippen molar-refractivity contribution < 1.29 is 9.59 Å². The predicted molar refractivity (Wildman–Crippen MR) is 111 cm³/mol. The number of aromatic nitrogens is 1. The summed E-state index contributed by atoms with van der Waals surface area (Å²) in [7, 11) is 0. The molecule has 27 heavy (non-hydrogen) atoms. The molecule has 0 radical (unpaired) electrons. The Morgan fingerprint density at radius 2 is 1.78 bits per heavy atom. The Bertz CT molecular complexity index is 1000. The van der Waals surface area contributed by atoms with Crippen LogP contribution in [0.3, 0.4) is 0 Å². The van der Waals surface area contributed by atoms with Gasteiger partial charge >= 0.3 is 0 Å². The molecule has 1 heterocycles. The minimum atomic E-state index is -0.246. The molecule has 0 fully saturated rings. The highest BCUT2D eigenvalue weighted by Crippen LogP contribution is 2.32. The summed E-state index contributed by atoms with van der Waals surface area (Å²) in [6.45, 7) is 3.87. The van der Waals surface area contributed by atoms with Crippen molar-refractivity contribution in [2.75, 3.05) is 5.32 Å². The Morgan fingerprint density at radius 1 is 1.07 bits per heavy atom. The number of amides is 1. The Balaban J connectivity index is 2.03. The molecule has 140 valence electrons. The summed E-state index contributed by atoms with van der Waals surface area (Å²) in [6, 6.07) is 10.5. The molecule has 0 bridgehead atoms. The molecule has 6 heteroatoms. The highest BCUT2D eigenvalue weighted by atomic mass is 35.5. The molecule has 3 rings (SSSR count). The second-order valence-corrected chi connectivity index (χ2v) is 7.28. The number of aromatic amines is 1. The molecular weight excluding hydrogens is 383 g/mol. The van der Waals surface area contributed by atoms with Crippen LogP contribution in [-0.2, 0) is 4.79 Å². The number of fused-ring (bicyclic) bond motifs is 1. The first kappa shape index (κ1) is 19.5. The van der Waals surface area contributed by atoms with Crippen molar-refractivity contribution in [3.63, 3.8) is 0 Å². The number of H-pyrrole nitrogens is 1. The van der Waals surface area contributed by atoms with Crippen molar-refractivity contribution in [3.8, 4) is 0 Å². The van der Waals surface area contributed by atoms with E-state index in [4.69, 9.17) is 23.2 Å². The van der Waals surface area contributed by atoms with Gasteiger partial charge < -0.3 is 10.3 Å². The zero-order chi connectivity index (χ0) is 19.6. The van der Waals surface area contributed by atoms with Crippen LogP contribution >= 0.6 is 23.2 Å². The molecule has 0 aliphatic heterocycles. The quantitative estimate of drug-likeness (QED) is 0.486. The lowest BCUT2D eigenvalue weighted by Gasteiger charge is -2.08. The van der Waals surface area contributed by atoms with Gasteiger partial charge in [-0.1, -0.05) is 42.6 Å². The van der Waals surface area contributed by atoms with Gasteiger partial charge in [0.15, 0.2) is 5.78 Å². The van der Waals surface area contributed by atoms with E-state index in [1.165, 1.54) is 0 Å². The minimum absolute atomic E-state index is 0.0366. The van der Waals surface area contributed by atoms with E-state index < -0.39 is 0 Å². The van der Waals surface area contributed by atoms with Crippen molar-refractivity contribution >= 4 is 51.5 Å². The molecule has 1 aromatic heterocycles. The third-order valence-electron chi connectivity index (χ3n) is 4.44. The molecule has 2 aromatic carbocycles. The highest BCUT2D eigenvalue weighted by molar-refractivity contribution is 6.41. The van der Waals surface area contributed by atoms with Crippen molar-refractivity contribution in [2.45, 2.75) is 33.1 Å². The SMILES string of the molecule is CCCCC(=O)Nc1ccc2[nH]c(C)c(C(=O)c3c(Cl)cccc3Cl)c2c1. The van der Waals surface area contributed by atoms with Crippen LogP contribution in [-0.4, -0.2) is 16.7 Å². The predicted octanol–water partition coefficient (Wildman–Crippen LogP) is 6.14. The van der Waals surface area contributed by atoms with Crippen molar-refractivity contribution in [2.24, 2.45) is 0 Å². The lowest BCUT2D eigenvalue weighted by atomic mass is 10.00. The van der Waals surface area contributed by atoms with Crippen LogP contribution < -0.4 is 5.32 Å². The average Bonchev–Trinajstić information content (AvgIpc) is 2.94. The topological polar surface area (TPSA) is 62.0 Å². The van der Waals surface area contributed by atoms with E-state index >= 15 is 0 Å². The minimum Gasteiger partial charge on any atom is -0.358 e. The molecule has 0 spiro atoms. The number of hydrogen-bond donors (Lipinski definition) is 2. The van der Waals surface area contributed by atoms with E-state index in [-0.39, 0.29) is 17.3 Å². The molecule has 2 N–H and O–H groups in total. The van der Waals surface area contributed by atoms with Crippen molar-refractivity contribution in [1.29, 1.82) is 0 Å². The van der Waals surface area contributed by atoms with Crippen LogP contribution in [0.1, 0.15) is 47.8 Å². The maximum atomic E-state index is 13.2. The van der Waals surface area contributed by atoms with Gasteiger partial charge in [-0.25, -0.2) is 0 Å². The van der Waals surface area contributed by atoms with Gasteiger partial charge in [0.1, 0.15) is 0 Å². The lowest BCUT2D eigenvalue weighted by Crippen LogP contribution is -2.11. The average molecular weight is 403 g/mol. The van der Waals surface area contributed by atoms with E-state index in [2.05, 4.69) is 10.3 Å². The van der Waals surface area contributed by atoms with Crippen LogP contribution in [0.5, 0.6) is 0 Å². The molecular formula is C21H20Cl2N2O2. The smallest absolute Gasteiger partial charge is 0.224 e. The van der Waals surface area contributed by atoms with Gasteiger partial charge in [0, 0.05) is 28.7 Å². The second kappa shape index (κ2) is 8.15. The normalized spacial score (nSPS) is 11.0. The summed E-state index contributed by atoms with van der Waals surface area (Å²) < 4.78 is 0. The Kier molecular flexibility index (Phi) is 5.88. The highest BCUT2D eigenvalue weighted by Gasteiger charge is 2.22. The molecule has 1 amide bonds. The maximum Gasteiger partial charge on any atom is 0.224 e. The van der Waals surface area contributed by atoms with Gasteiger partial charge in [0.05, 0.1) is 21.2 Å². The number of nitrogens with one attached hydrogen (secondary N) is 2. The molecule has 0 aliphatic rings. The fourth-order valence-corrected chi connectivity index (χ4v) is 3.67. The number of carbonyl (C=O) groups is 2. The van der Waals surface area contributed by atoms with Crippen LogP contribution in [0, 0.1) is 6.92 Å². The number of anilines is 1. The zero-order valence-electron chi connectivity index (χ0n) is 15.2. The molecule has 0 saturated heterocycles. The summed E-state index contributed by atoms with van der Waals surface area (Å²) >= 11 is 12.4. The number of aryl methyl sites for hydroxylation is 1. The third kappa shape index (κ3) is 4.02. The number of carbonyl (C=O) groups excluding carboxylic acids is 2. The summed E-state index contributed by atoms with van der Waals surface area (Å²) in [6.07, 6.45) is 2.27. The maximum absolute atomic E-state index is 13.2. The van der Waals surface area contributed by atoms with Crippen molar-refractivity contribution in [3.05, 3.63) is 63.3 Å². The monoisotopic (exact) mass is 402 g/mol. The first-order valence-corrected chi connectivity index (χ1v) is 9.58. The fraction of sp³-hybridized carbons (Fsp3) is 0.238. The Morgan fingerprint density at radius 3 is 2.44 bits per heavy atom. The van der Waals surface area contributed by atoms with Gasteiger partial charge in [0.2, 0.25) is 5.91 Å². The number of rotatable bonds is 6. The van der Waals surface area contributed by atoms with Gasteiger partial charge in [-0.15, -0.1) is 0 Å². The Hall–Kier alpha value is -2.30. The molecule has 3 aromatic rings. The van der Waals surface area contributed by atoms with E-state index in [1.54, 1.807) is 24.3 Å². The summed E-state index contributed by atoms with van der Waals surface area (Å²) in [5.74, 6) is -0.283. The molecule has 0 saturated carbocycles. The van der Waals surface area contributed by atoms with Crippen LogP contribution in [0.2, 0.25) is 10.0 Å². The summed E-state index contributed by atoms with van der Waals surface area (Å²) in [5, 5.41) is 4.24. The lowest BCUT2D eigenvalue weighted by molar-refractivity contribution is -0.116. The summed E-state index contributed by atoms with van der Waals surface area (Å²) in [4.78, 5) is 28.4. The molecule has 0 aliphatic carbocycles. The first-order chi connectivity index (χ1) is 12.9. The molecule has 4 nitrogen and oxygen atoms in total.